The molecule has 0 saturated heterocycles. The van der Waals surface area contributed by atoms with Gasteiger partial charge in [-0.1, -0.05) is 23.4 Å². The predicted octanol–water partition coefficient (Wildman–Crippen LogP) is 2.67. The monoisotopic (exact) mass is 301 g/mol. The fourth-order valence-electron chi connectivity index (χ4n) is 2.03. The van der Waals surface area contributed by atoms with E-state index in [0.29, 0.717) is 24.6 Å². The summed E-state index contributed by atoms with van der Waals surface area (Å²) in [5, 5.41) is 15.3. The van der Waals surface area contributed by atoms with Gasteiger partial charge in [-0.05, 0) is 35.6 Å². The molecule has 1 aromatic carbocycles. The summed E-state index contributed by atoms with van der Waals surface area (Å²) in [5.74, 6) is 1.33. The highest BCUT2D eigenvalue weighted by molar-refractivity contribution is 7.09. The molecule has 0 fully saturated rings. The first kappa shape index (κ1) is 13.8. The van der Waals surface area contributed by atoms with Crippen LogP contribution < -0.4 is 5.73 Å². The third-order valence-electron chi connectivity index (χ3n) is 3.11. The third-order valence-corrected chi connectivity index (χ3v) is 3.98. The SMILES string of the molecule is N[C@H](Cc1ccc(O)cc1)c1nc(Cc2cccs2)no1. The molecule has 0 unspecified atom stereocenters. The Balaban J connectivity index is 1.66. The Morgan fingerprint density at radius 2 is 2.05 bits per heavy atom. The van der Waals surface area contributed by atoms with Gasteiger partial charge in [0, 0.05) is 11.3 Å². The van der Waals surface area contributed by atoms with Crippen LogP contribution >= 0.6 is 11.3 Å². The molecule has 108 valence electrons. The number of aromatic hydroxyl groups is 1. The van der Waals surface area contributed by atoms with Crippen LogP contribution in [0.4, 0.5) is 0 Å². The van der Waals surface area contributed by atoms with Crippen LogP contribution in [0.2, 0.25) is 0 Å². The van der Waals surface area contributed by atoms with E-state index in [4.69, 9.17) is 10.3 Å². The molecule has 6 heteroatoms. The molecule has 0 saturated carbocycles. The zero-order valence-electron chi connectivity index (χ0n) is 11.3. The minimum absolute atomic E-state index is 0.239. The molecule has 1 atom stereocenters. The second kappa shape index (κ2) is 6.07. The Bertz CT molecular complexity index is 692. The molecule has 2 heterocycles. The first-order valence-corrected chi connectivity index (χ1v) is 7.47. The summed E-state index contributed by atoms with van der Waals surface area (Å²) in [7, 11) is 0. The lowest BCUT2D eigenvalue weighted by Crippen LogP contribution is -2.13. The van der Waals surface area contributed by atoms with Gasteiger partial charge in [0.15, 0.2) is 5.82 Å². The number of hydrogen-bond acceptors (Lipinski definition) is 6. The zero-order chi connectivity index (χ0) is 14.7. The fraction of sp³-hybridized carbons (Fsp3) is 0.200. The number of nitrogens with two attached hydrogens (primary N) is 1. The van der Waals surface area contributed by atoms with Crippen LogP contribution in [0.5, 0.6) is 5.75 Å². The lowest BCUT2D eigenvalue weighted by atomic mass is 10.1. The zero-order valence-corrected chi connectivity index (χ0v) is 12.1. The van der Waals surface area contributed by atoms with E-state index in [0.717, 1.165) is 5.56 Å². The number of phenolic OH excluding ortho intramolecular Hbond substituents is 1. The van der Waals surface area contributed by atoms with Crippen molar-refractivity contribution in [3.63, 3.8) is 0 Å². The van der Waals surface area contributed by atoms with Gasteiger partial charge in [-0.15, -0.1) is 11.3 Å². The molecule has 0 aliphatic heterocycles. The number of hydrogen-bond donors (Lipinski definition) is 2. The van der Waals surface area contributed by atoms with Gasteiger partial charge in [-0.3, -0.25) is 0 Å². The van der Waals surface area contributed by atoms with E-state index >= 15 is 0 Å². The van der Waals surface area contributed by atoms with Crippen LogP contribution in [0.15, 0.2) is 46.3 Å². The molecule has 21 heavy (non-hydrogen) atoms. The van der Waals surface area contributed by atoms with Crippen molar-refractivity contribution in [1.82, 2.24) is 10.1 Å². The van der Waals surface area contributed by atoms with E-state index in [9.17, 15) is 5.11 Å². The van der Waals surface area contributed by atoms with Gasteiger partial charge in [-0.25, -0.2) is 0 Å². The lowest BCUT2D eigenvalue weighted by Gasteiger charge is -2.06. The molecule has 3 rings (SSSR count). The summed E-state index contributed by atoms with van der Waals surface area (Å²) >= 11 is 1.66. The average molecular weight is 301 g/mol. The van der Waals surface area contributed by atoms with Gasteiger partial charge in [-0.2, -0.15) is 4.98 Å². The normalized spacial score (nSPS) is 12.4. The second-order valence-corrected chi connectivity index (χ2v) is 5.81. The van der Waals surface area contributed by atoms with Crippen molar-refractivity contribution in [2.24, 2.45) is 5.73 Å². The minimum atomic E-state index is -0.348. The van der Waals surface area contributed by atoms with Gasteiger partial charge < -0.3 is 15.4 Å². The molecule has 0 aliphatic rings. The number of nitrogens with zero attached hydrogens (tertiary/aromatic N) is 2. The quantitative estimate of drug-likeness (QED) is 0.756. The number of rotatable bonds is 5. The maximum Gasteiger partial charge on any atom is 0.243 e. The Morgan fingerprint density at radius 1 is 1.24 bits per heavy atom. The van der Waals surface area contributed by atoms with E-state index in [1.165, 1.54) is 4.88 Å². The van der Waals surface area contributed by atoms with Crippen LogP contribution in [0.25, 0.3) is 0 Å². The van der Waals surface area contributed by atoms with Crippen LogP contribution in [0.3, 0.4) is 0 Å². The second-order valence-electron chi connectivity index (χ2n) is 4.78. The van der Waals surface area contributed by atoms with E-state index < -0.39 is 0 Å². The minimum Gasteiger partial charge on any atom is -0.508 e. The molecular weight excluding hydrogens is 286 g/mol. The summed E-state index contributed by atoms with van der Waals surface area (Å²) in [6, 6.07) is 10.6. The average Bonchev–Trinajstić information content (AvgIpc) is 3.13. The third kappa shape index (κ3) is 3.48. The highest BCUT2D eigenvalue weighted by atomic mass is 32.1. The number of thiophene rings is 1. The largest absolute Gasteiger partial charge is 0.508 e. The van der Waals surface area contributed by atoms with Crippen molar-refractivity contribution in [1.29, 1.82) is 0 Å². The predicted molar refractivity (Wildman–Crippen MR) is 80.2 cm³/mol. The van der Waals surface area contributed by atoms with Crippen LogP contribution in [-0.2, 0) is 12.8 Å². The topological polar surface area (TPSA) is 85.2 Å². The highest BCUT2D eigenvalue weighted by Crippen LogP contribution is 2.18. The van der Waals surface area contributed by atoms with Crippen molar-refractivity contribution in [2.75, 3.05) is 0 Å². The number of aromatic nitrogens is 2. The summed E-state index contributed by atoms with van der Waals surface area (Å²) in [6.07, 6.45) is 1.24. The van der Waals surface area contributed by atoms with Gasteiger partial charge >= 0.3 is 0 Å². The van der Waals surface area contributed by atoms with E-state index in [2.05, 4.69) is 10.1 Å². The van der Waals surface area contributed by atoms with Gasteiger partial charge in [0.25, 0.3) is 0 Å². The molecule has 0 amide bonds. The van der Waals surface area contributed by atoms with Crippen LogP contribution in [-0.4, -0.2) is 15.2 Å². The lowest BCUT2D eigenvalue weighted by molar-refractivity contribution is 0.350. The number of benzene rings is 1. The fourth-order valence-corrected chi connectivity index (χ4v) is 2.73. The Kier molecular flexibility index (Phi) is 3.98. The summed E-state index contributed by atoms with van der Waals surface area (Å²) in [4.78, 5) is 5.54. The van der Waals surface area contributed by atoms with E-state index in [1.807, 2.05) is 29.6 Å². The molecule has 3 aromatic rings. The van der Waals surface area contributed by atoms with E-state index in [1.54, 1.807) is 23.5 Å². The van der Waals surface area contributed by atoms with Crippen molar-refractivity contribution >= 4 is 11.3 Å². The number of phenols is 1. The smallest absolute Gasteiger partial charge is 0.243 e. The van der Waals surface area contributed by atoms with Crippen LogP contribution in [0.1, 0.15) is 28.2 Å². The van der Waals surface area contributed by atoms with Gasteiger partial charge in [0.05, 0.1) is 6.04 Å². The van der Waals surface area contributed by atoms with E-state index in [-0.39, 0.29) is 11.8 Å². The first-order valence-electron chi connectivity index (χ1n) is 6.59. The van der Waals surface area contributed by atoms with Crippen molar-refractivity contribution in [3.8, 4) is 5.75 Å². The molecule has 0 radical (unpaired) electrons. The van der Waals surface area contributed by atoms with Crippen molar-refractivity contribution in [3.05, 3.63) is 63.9 Å². The Morgan fingerprint density at radius 3 is 2.76 bits per heavy atom. The van der Waals surface area contributed by atoms with Crippen molar-refractivity contribution < 1.29 is 9.63 Å². The van der Waals surface area contributed by atoms with Gasteiger partial charge in [0.1, 0.15) is 5.75 Å². The molecule has 0 bridgehead atoms. The summed E-state index contributed by atoms with van der Waals surface area (Å²) in [6.45, 7) is 0. The molecular formula is C15H15N3O2S. The molecule has 3 N–H and O–H groups in total. The first-order chi connectivity index (χ1) is 10.2. The maximum atomic E-state index is 9.26. The Hall–Kier alpha value is -2.18. The molecule has 0 aliphatic carbocycles. The van der Waals surface area contributed by atoms with Crippen molar-refractivity contribution in [2.45, 2.75) is 18.9 Å². The Labute approximate surface area is 126 Å². The maximum absolute atomic E-state index is 9.26. The molecule has 2 aromatic heterocycles. The summed E-state index contributed by atoms with van der Waals surface area (Å²) < 4.78 is 5.24. The van der Waals surface area contributed by atoms with Gasteiger partial charge in [0.2, 0.25) is 5.89 Å². The van der Waals surface area contributed by atoms with Crippen LogP contribution in [0, 0.1) is 0 Å². The molecule has 0 spiro atoms. The highest BCUT2D eigenvalue weighted by Gasteiger charge is 2.15. The standard InChI is InChI=1S/C15H15N3O2S/c16-13(8-10-3-5-11(19)6-4-10)15-17-14(18-20-15)9-12-2-1-7-21-12/h1-7,13,19H,8-9,16H2/t13-/m1/s1. The molecule has 5 nitrogen and oxygen atoms in total. The summed E-state index contributed by atoms with van der Waals surface area (Å²) in [5.41, 5.74) is 7.11.